The van der Waals surface area contributed by atoms with Gasteiger partial charge in [0.1, 0.15) is 17.8 Å². The van der Waals surface area contributed by atoms with Crippen molar-refractivity contribution >= 4 is 22.8 Å². The zero-order chi connectivity index (χ0) is 15.5. The summed E-state index contributed by atoms with van der Waals surface area (Å²) in [4.78, 5) is 28.5. The summed E-state index contributed by atoms with van der Waals surface area (Å²) in [5, 5.41) is 6.20. The number of fused-ring (bicyclic) bond motifs is 1. The molecular formula is C15H21N5O2. The van der Waals surface area contributed by atoms with Gasteiger partial charge in [0.05, 0.1) is 11.9 Å². The first kappa shape index (κ1) is 14.8. The van der Waals surface area contributed by atoms with Gasteiger partial charge < -0.3 is 15.1 Å². The standard InChI is InChI=1S/C15H21N5O2/c1-3-13(21)22-20-8-11(5-4-10(20)2)19-15-12-6-7-16-14(12)17-9-18-15/h6-7,9-11H,3-5,8H2,1-2H3,(H2,16,17,18,19)/t10-,11+/m0/s1. The fourth-order valence-electron chi connectivity index (χ4n) is 2.70. The van der Waals surface area contributed by atoms with Gasteiger partial charge in [-0.15, -0.1) is 5.06 Å². The van der Waals surface area contributed by atoms with Crippen molar-refractivity contribution in [2.24, 2.45) is 0 Å². The van der Waals surface area contributed by atoms with Crippen molar-refractivity contribution in [3.8, 4) is 0 Å². The van der Waals surface area contributed by atoms with Crippen LogP contribution in [0.15, 0.2) is 18.6 Å². The normalized spacial score (nSPS) is 22.6. The molecule has 1 aliphatic heterocycles. The first-order valence-corrected chi connectivity index (χ1v) is 7.69. The second-order valence-corrected chi connectivity index (χ2v) is 5.65. The van der Waals surface area contributed by atoms with Crippen LogP contribution in [0.4, 0.5) is 5.82 Å². The van der Waals surface area contributed by atoms with Gasteiger partial charge in [-0.25, -0.2) is 9.97 Å². The maximum atomic E-state index is 11.5. The molecule has 0 unspecified atom stereocenters. The number of anilines is 1. The van der Waals surface area contributed by atoms with Crippen LogP contribution in [0.2, 0.25) is 0 Å². The third kappa shape index (κ3) is 3.04. The van der Waals surface area contributed by atoms with E-state index in [1.54, 1.807) is 18.3 Å². The molecule has 0 aliphatic carbocycles. The molecule has 1 fully saturated rings. The molecule has 2 atom stereocenters. The second-order valence-electron chi connectivity index (χ2n) is 5.65. The smallest absolute Gasteiger partial charge is 0.324 e. The quantitative estimate of drug-likeness (QED) is 0.900. The highest BCUT2D eigenvalue weighted by Crippen LogP contribution is 2.23. The number of aromatic amines is 1. The number of H-pyrrole nitrogens is 1. The average molecular weight is 303 g/mol. The first-order valence-electron chi connectivity index (χ1n) is 7.69. The Hall–Kier alpha value is -2.15. The molecule has 2 N–H and O–H groups in total. The number of carbonyl (C=O) groups is 1. The number of piperidine rings is 1. The predicted molar refractivity (Wildman–Crippen MR) is 83.1 cm³/mol. The highest BCUT2D eigenvalue weighted by atomic mass is 16.7. The summed E-state index contributed by atoms with van der Waals surface area (Å²) < 4.78 is 0. The predicted octanol–water partition coefficient (Wildman–Crippen LogP) is 2.09. The minimum absolute atomic E-state index is 0.189. The van der Waals surface area contributed by atoms with Crippen LogP contribution in [0.25, 0.3) is 11.0 Å². The van der Waals surface area contributed by atoms with E-state index in [4.69, 9.17) is 4.84 Å². The number of nitrogens with one attached hydrogen (secondary N) is 2. The lowest BCUT2D eigenvalue weighted by Crippen LogP contribution is -2.47. The highest BCUT2D eigenvalue weighted by Gasteiger charge is 2.28. The van der Waals surface area contributed by atoms with E-state index < -0.39 is 0 Å². The Labute approximate surface area is 129 Å². The number of hydroxylamine groups is 2. The van der Waals surface area contributed by atoms with Gasteiger partial charge in [-0.2, -0.15) is 0 Å². The van der Waals surface area contributed by atoms with E-state index in [9.17, 15) is 4.79 Å². The fraction of sp³-hybridized carbons (Fsp3) is 0.533. The van der Waals surface area contributed by atoms with Crippen LogP contribution in [0.3, 0.4) is 0 Å². The average Bonchev–Trinajstić information content (AvgIpc) is 3.00. The van der Waals surface area contributed by atoms with Crippen LogP contribution in [0, 0.1) is 0 Å². The molecule has 0 spiro atoms. The molecule has 2 aromatic rings. The molecular weight excluding hydrogens is 282 g/mol. The van der Waals surface area contributed by atoms with Crippen LogP contribution in [-0.2, 0) is 9.63 Å². The van der Waals surface area contributed by atoms with E-state index >= 15 is 0 Å². The van der Waals surface area contributed by atoms with E-state index in [1.165, 1.54) is 0 Å². The van der Waals surface area contributed by atoms with Gasteiger partial charge >= 0.3 is 5.97 Å². The van der Waals surface area contributed by atoms with E-state index in [-0.39, 0.29) is 18.1 Å². The van der Waals surface area contributed by atoms with Gasteiger partial charge in [0, 0.05) is 24.7 Å². The molecule has 22 heavy (non-hydrogen) atoms. The number of rotatable bonds is 4. The molecule has 2 aromatic heterocycles. The van der Waals surface area contributed by atoms with Crippen LogP contribution >= 0.6 is 0 Å². The van der Waals surface area contributed by atoms with Gasteiger partial charge in [0.15, 0.2) is 0 Å². The zero-order valence-corrected chi connectivity index (χ0v) is 12.9. The molecule has 7 heteroatoms. The van der Waals surface area contributed by atoms with Crippen molar-refractivity contribution < 1.29 is 9.63 Å². The lowest BCUT2D eigenvalue weighted by molar-refractivity contribution is -0.206. The van der Waals surface area contributed by atoms with E-state index in [0.29, 0.717) is 13.0 Å². The molecule has 118 valence electrons. The lowest BCUT2D eigenvalue weighted by atomic mass is 10.0. The van der Waals surface area contributed by atoms with Gasteiger partial charge in [-0.3, -0.25) is 4.79 Å². The lowest BCUT2D eigenvalue weighted by Gasteiger charge is -2.36. The molecule has 0 amide bonds. The van der Waals surface area contributed by atoms with Crippen molar-refractivity contribution in [3.05, 3.63) is 18.6 Å². The van der Waals surface area contributed by atoms with E-state index in [2.05, 4.69) is 27.2 Å². The van der Waals surface area contributed by atoms with Gasteiger partial charge in [-0.05, 0) is 25.8 Å². The van der Waals surface area contributed by atoms with Crippen molar-refractivity contribution in [1.82, 2.24) is 20.0 Å². The maximum Gasteiger partial charge on any atom is 0.324 e. The van der Waals surface area contributed by atoms with Crippen LogP contribution in [0.1, 0.15) is 33.1 Å². The molecule has 0 saturated carbocycles. The Morgan fingerprint density at radius 3 is 3.18 bits per heavy atom. The number of nitrogens with zero attached hydrogens (tertiary/aromatic N) is 3. The second kappa shape index (κ2) is 6.31. The minimum atomic E-state index is -0.192. The maximum absolute atomic E-state index is 11.5. The molecule has 0 aromatic carbocycles. The first-order chi connectivity index (χ1) is 10.7. The molecule has 1 saturated heterocycles. The molecule has 0 bridgehead atoms. The summed E-state index contributed by atoms with van der Waals surface area (Å²) in [6, 6.07) is 2.39. The third-order valence-corrected chi connectivity index (χ3v) is 4.03. The molecule has 7 nitrogen and oxygen atoms in total. The summed E-state index contributed by atoms with van der Waals surface area (Å²) in [6.07, 6.45) is 5.76. The Balaban J connectivity index is 1.70. The summed E-state index contributed by atoms with van der Waals surface area (Å²) in [7, 11) is 0. The van der Waals surface area contributed by atoms with Gasteiger partial charge in [-0.1, -0.05) is 6.92 Å². The molecule has 0 radical (unpaired) electrons. The Morgan fingerprint density at radius 2 is 2.36 bits per heavy atom. The van der Waals surface area contributed by atoms with Crippen molar-refractivity contribution in [1.29, 1.82) is 0 Å². The molecule has 3 rings (SSSR count). The van der Waals surface area contributed by atoms with E-state index in [0.717, 1.165) is 29.7 Å². The number of hydrogen-bond acceptors (Lipinski definition) is 6. The fourth-order valence-corrected chi connectivity index (χ4v) is 2.70. The largest absolute Gasteiger partial charge is 0.368 e. The summed E-state index contributed by atoms with van der Waals surface area (Å²) in [6.45, 7) is 4.53. The zero-order valence-electron chi connectivity index (χ0n) is 12.9. The third-order valence-electron chi connectivity index (χ3n) is 4.03. The number of carbonyl (C=O) groups excluding carboxylic acids is 1. The van der Waals surface area contributed by atoms with Gasteiger partial charge in [0.25, 0.3) is 0 Å². The molecule has 3 heterocycles. The summed E-state index contributed by atoms with van der Waals surface area (Å²) in [5.41, 5.74) is 0.816. The van der Waals surface area contributed by atoms with Crippen molar-refractivity contribution in [3.63, 3.8) is 0 Å². The van der Waals surface area contributed by atoms with Crippen LogP contribution < -0.4 is 5.32 Å². The van der Waals surface area contributed by atoms with Crippen LogP contribution in [-0.4, -0.2) is 44.6 Å². The number of aromatic nitrogens is 3. The van der Waals surface area contributed by atoms with Gasteiger partial charge in [0.2, 0.25) is 0 Å². The topological polar surface area (TPSA) is 83.1 Å². The molecule has 1 aliphatic rings. The summed E-state index contributed by atoms with van der Waals surface area (Å²) in [5.74, 6) is 0.620. The van der Waals surface area contributed by atoms with E-state index in [1.807, 2.05) is 12.3 Å². The monoisotopic (exact) mass is 303 g/mol. The summed E-state index contributed by atoms with van der Waals surface area (Å²) >= 11 is 0. The van der Waals surface area contributed by atoms with Crippen molar-refractivity contribution in [2.45, 2.75) is 45.2 Å². The Morgan fingerprint density at radius 1 is 1.50 bits per heavy atom. The number of hydrogen-bond donors (Lipinski definition) is 2. The SMILES string of the molecule is CCC(=O)ON1C[C@H](Nc2ncnc3[nH]ccc23)CC[C@@H]1C. The van der Waals surface area contributed by atoms with Crippen LogP contribution in [0.5, 0.6) is 0 Å². The highest BCUT2D eigenvalue weighted by molar-refractivity contribution is 5.86. The Kier molecular flexibility index (Phi) is 4.24. The van der Waals surface area contributed by atoms with Crippen molar-refractivity contribution in [2.75, 3.05) is 11.9 Å². The minimum Gasteiger partial charge on any atom is -0.368 e. The Bertz CT molecular complexity index is 656.